The smallest absolute Gasteiger partial charge is 0.350 e. The average Bonchev–Trinajstić information content (AvgIpc) is 2.81. The third-order valence-corrected chi connectivity index (χ3v) is 7.67. The van der Waals surface area contributed by atoms with Crippen molar-refractivity contribution in [3.8, 4) is 11.1 Å². The van der Waals surface area contributed by atoms with E-state index in [0.717, 1.165) is 6.07 Å². The van der Waals surface area contributed by atoms with Crippen molar-refractivity contribution in [3.63, 3.8) is 0 Å². The number of piperazine rings is 1. The van der Waals surface area contributed by atoms with Crippen molar-refractivity contribution in [1.82, 2.24) is 14.5 Å². The fourth-order valence-electron chi connectivity index (χ4n) is 4.71. The molecule has 2 aromatic carbocycles. The van der Waals surface area contributed by atoms with Gasteiger partial charge in [-0.05, 0) is 31.2 Å². The number of amides is 1. The van der Waals surface area contributed by atoms with Gasteiger partial charge in [0.15, 0.2) is 0 Å². The van der Waals surface area contributed by atoms with Crippen LogP contribution in [0.15, 0.2) is 46.6 Å². The van der Waals surface area contributed by atoms with Crippen molar-refractivity contribution in [2.24, 2.45) is 0 Å². The summed E-state index contributed by atoms with van der Waals surface area (Å²) >= 11 is 8.20. The van der Waals surface area contributed by atoms with E-state index in [1.165, 1.54) is 30.0 Å². The molecule has 3 aromatic rings. The topological polar surface area (TPSA) is 58.4 Å². The van der Waals surface area contributed by atoms with Gasteiger partial charge in [-0.3, -0.25) is 9.36 Å². The molecule has 2 aliphatic heterocycles. The molecule has 0 unspecified atom stereocenters. The summed E-state index contributed by atoms with van der Waals surface area (Å²) in [6, 6.07) is 4.99. The third kappa shape index (κ3) is 3.67. The first-order valence-corrected chi connectivity index (χ1v) is 12.2. The maximum atomic E-state index is 14.7. The predicted molar refractivity (Wildman–Crippen MR) is 131 cm³/mol. The van der Waals surface area contributed by atoms with Gasteiger partial charge in [-0.25, -0.2) is 13.6 Å². The number of benzene rings is 2. The van der Waals surface area contributed by atoms with Crippen LogP contribution in [-0.2, 0) is 11.3 Å². The van der Waals surface area contributed by atoms with Crippen molar-refractivity contribution < 1.29 is 13.6 Å². The Bertz CT molecular complexity index is 1410. The Kier molecular flexibility index (Phi) is 5.85. The van der Waals surface area contributed by atoms with Crippen molar-refractivity contribution in [1.29, 1.82) is 0 Å². The van der Waals surface area contributed by atoms with Gasteiger partial charge in [-0.2, -0.15) is 4.98 Å². The molecule has 1 amide bonds. The molecule has 1 atom stereocenters. The minimum Gasteiger partial charge on any atom is -0.350 e. The zero-order valence-corrected chi connectivity index (χ0v) is 19.9. The highest BCUT2D eigenvalue weighted by Crippen LogP contribution is 2.46. The highest BCUT2D eigenvalue weighted by molar-refractivity contribution is 7.99. The minimum atomic E-state index is -0.719. The summed E-state index contributed by atoms with van der Waals surface area (Å²) in [5.41, 5.74) is 0.871. The van der Waals surface area contributed by atoms with Gasteiger partial charge < -0.3 is 9.80 Å². The molecular formula is C24H21ClF2N4O2S. The molecule has 1 saturated heterocycles. The lowest BCUT2D eigenvalue weighted by atomic mass is 10.0. The van der Waals surface area contributed by atoms with E-state index in [0.29, 0.717) is 64.1 Å². The quantitative estimate of drug-likeness (QED) is 0.499. The Balaban J connectivity index is 1.71. The van der Waals surface area contributed by atoms with Crippen molar-refractivity contribution in [3.05, 3.63) is 64.1 Å². The average molecular weight is 503 g/mol. The SMILES string of the molecule is C=CC(=O)N1CCN(c2nc(=O)n3c4c(c(-c5ccc(F)cc5F)c(Cl)cc24)SCC3)[C@@H](C)C1. The Morgan fingerprint density at radius 1 is 1.26 bits per heavy atom. The molecule has 176 valence electrons. The summed E-state index contributed by atoms with van der Waals surface area (Å²) in [5, 5.41) is 0.984. The Morgan fingerprint density at radius 2 is 2.06 bits per heavy atom. The largest absolute Gasteiger partial charge is 0.350 e. The lowest BCUT2D eigenvalue weighted by Gasteiger charge is -2.40. The lowest BCUT2D eigenvalue weighted by molar-refractivity contribution is -0.126. The summed E-state index contributed by atoms with van der Waals surface area (Å²) in [7, 11) is 0. The summed E-state index contributed by atoms with van der Waals surface area (Å²) < 4.78 is 29.9. The molecule has 0 spiro atoms. The number of thioether (sulfide) groups is 1. The van der Waals surface area contributed by atoms with Crippen LogP contribution in [-0.4, -0.2) is 51.8 Å². The molecule has 10 heteroatoms. The number of nitrogens with zero attached hydrogens (tertiary/aromatic N) is 4. The van der Waals surface area contributed by atoms with Gasteiger partial charge in [-0.1, -0.05) is 18.2 Å². The zero-order chi connectivity index (χ0) is 24.1. The highest BCUT2D eigenvalue weighted by atomic mass is 35.5. The van der Waals surface area contributed by atoms with Gasteiger partial charge in [0.1, 0.15) is 17.5 Å². The van der Waals surface area contributed by atoms with Gasteiger partial charge in [0.05, 0.1) is 10.5 Å². The number of hydrogen-bond donors (Lipinski definition) is 0. The van der Waals surface area contributed by atoms with Crippen LogP contribution in [0, 0.1) is 11.6 Å². The molecule has 34 heavy (non-hydrogen) atoms. The first kappa shape index (κ1) is 22.9. The second kappa shape index (κ2) is 8.70. The number of hydrogen-bond acceptors (Lipinski definition) is 5. The fraction of sp³-hybridized carbons (Fsp3) is 0.292. The number of carbonyl (C=O) groups excluding carboxylic acids is 1. The molecule has 0 N–H and O–H groups in total. The summed E-state index contributed by atoms with van der Waals surface area (Å²) in [5.74, 6) is -0.444. The number of anilines is 1. The predicted octanol–water partition coefficient (Wildman–Crippen LogP) is 4.32. The van der Waals surface area contributed by atoms with E-state index in [1.807, 2.05) is 11.8 Å². The lowest BCUT2D eigenvalue weighted by Crippen LogP contribution is -2.54. The second-order valence-electron chi connectivity index (χ2n) is 8.33. The van der Waals surface area contributed by atoms with E-state index in [1.54, 1.807) is 15.5 Å². The molecule has 0 saturated carbocycles. The standard InChI is InChI=1S/C24H21ClF2N4O2S/c1-3-19(32)29-6-7-30(13(2)12-29)23-16-11-17(25)20(15-5-4-14(26)10-18(15)27)22-21(16)31(8-9-34-22)24(33)28-23/h3-5,10-11,13H,1,6-9,12H2,2H3/t13-/m0/s1. The van der Waals surface area contributed by atoms with Crippen LogP contribution in [0.25, 0.3) is 22.0 Å². The van der Waals surface area contributed by atoms with E-state index in [-0.39, 0.29) is 17.5 Å². The van der Waals surface area contributed by atoms with Crippen LogP contribution in [0.5, 0.6) is 0 Å². The molecule has 0 radical (unpaired) electrons. The maximum absolute atomic E-state index is 14.7. The van der Waals surface area contributed by atoms with Crippen molar-refractivity contribution in [2.75, 3.05) is 30.3 Å². The normalized spacial score (nSPS) is 17.8. The van der Waals surface area contributed by atoms with Crippen molar-refractivity contribution >= 4 is 46.0 Å². The summed E-state index contributed by atoms with van der Waals surface area (Å²) in [6.07, 6.45) is 1.29. The molecular weight excluding hydrogens is 482 g/mol. The molecule has 1 fully saturated rings. The number of halogens is 3. The number of carbonyl (C=O) groups is 1. The first-order valence-electron chi connectivity index (χ1n) is 10.8. The Hall–Kier alpha value is -2.91. The van der Waals surface area contributed by atoms with E-state index in [4.69, 9.17) is 11.6 Å². The summed E-state index contributed by atoms with van der Waals surface area (Å²) in [4.78, 5) is 33.9. The van der Waals surface area contributed by atoms with Gasteiger partial charge >= 0.3 is 5.69 Å². The highest BCUT2D eigenvalue weighted by Gasteiger charge is 2.31. The summed E-state index contributed by atoms with van der Waals surface area (Å²) in [6.45, 7) is 7.40. The molecule has 1 aromatic heterocycles. The third-order valence-electron chi connectivity index (χ3n) is 6.30. The molecule has 6 nitrogen and oxygen atoms in total. The molecule has 0 bridgehead atoms. The molecule has 3 heterocycles. The van der Waals surface area contributed by atoms with Crippen LogP contribution < -0.4 is 10.6 Å². The van der Waals surface area contributed by atoms with Gasteiger partial charge in [-0.15, -0.1) is 11.8 Å². The van der Waals surface area contributed by atoms with E-state index >= 15 is 0 Å². The van der Waals surface area contributed by atoms with E-state index in [9.17, 15) is 18.4 Å². The first-order chi connectivity index (χ1) is 16.3. The van der Waals surface area contributed by atoms with E-state index in [2.05, 4.69) is 11.6 Å². The van der Waals surface area contributed by atoms with E-state index < -0.39 is 17.3 Å². The number of rotatable bonds is 3. The van der Waals surface area contributed by atoms with Crippen LogP contribution in [0.1, 0.15) is 6.92 Å². The van der Waals surface area contributed by atoms with Crippen LogP contribution in [0.3, 0.4) is 0 Å². The monoisotopic (exact) mass is 502 g/mol. The fourth-order valence-corrected chi connectivity index (χ4v) is 6.27. The van der Waals surface area contributed by atoms with Gasteiger partial charge in [0, 0.05) is 65.4 Å². The van der Waals surface area contributed by atoms with Gasteiger partial charge in [0.2, 0.25) is 5.91 Å². The van der Waals surface area contributed by atoms with Crippen LogP contribution in [0.4, 0.5) is 14.6 Å². The zero-order valence-electron chi connectivity index (χ0n) is 18.4. The molecule has 5 rings (SSSR count). The Labute approximate surface area is 203 Å². The number of aromatic nitrogens is 2. The number of aryl methyl sites for hydroxylation is 1. The Morgan fingerprint density at radius 3 is 2.76 bits per heavy atom. The van der Waals surface area contributed by atoms with Gasteiger partial charge in [0.25, 0.3) is 0 Å². The maximum Gasteiger partial charge on any atom is 0.350 e. The minimum absolute atomic E-state index is 0.101. The van der Waals surface area contributed by atoms with Crippen LogP contribution in [0.2, 0.25) is 5.02 Å². The van der Waals surface area contributed by atoms with Crippen molar-refractivity contribution in [2.45, 2.75) is 24.4 Å². The molecule has 0 aliphatic carbocycles. The second-order valence-corrected chi connectivity index (χ2v) is 9.84. The molecule has 2 aliphatic rings. The van der Waals surface area contributed by atoms with Crippen LogP contribution >= 0.6 is 23.4 Å².